The van der Waals surface area contributed by atoms with Crippen LogP contribution < -0.4 is 0 Å². The number of para-hydroxylation sites is 1. The van der Waals surface area contributed by atoms with E-state index >= 15 is 0 Å². The molecule has 1 aromatic heterocycles. The molecule has 2 rings (SSSR count). The third-order valence-electron chi connectivity index (χ3n) is 2.44. The van der Waals surface area contributed by atoms with Gasteiger partial charge >= 0.3 is 0 Å². The van der Waals surface area contributed by atoms with E-state index in [1.165, 1.54) is 0 Å². The number of nitrogens with one attached hydrogen (secondary N) is 1. The van der Waals surface area contributed by atoms with Crippen LogP contribution in [0.2, 0.25) is 5.02 Å². The first-order valence-electron chi connectivity index (χ1n) is 4.66. The topological polar surface area (TPSA) is 20.7 Å². The largest absolute Gasteiger partial charge is 0.331 e. The van der Waals surface area contributed by atoms with Gasteiger partial charge in [0.15, 0.2) is 4.77 Å². The van der Waals surface area contributed by atoms with E-state index in [1.54, 1.807) is 0 Å². The quantitative estimate of drug-likeness (QED) is 0.617. The fraction of sp³-hybridized carbons (Fsp3) is 0.182. The predicted molar refractivity (Wildman–Crippen MR) is 67.0 cm³/mol. The highest BCUT2D eigenvalue weighted by Crippen LogP contribution is 2.26. The smallest absolute Gasteiger partial charge is 0.178 e. The van der Waals surface area contributed by atoms with Crippen molar-refractivity contribution in [1.82, 2.24) is 9.55 Å². The molecule has 0 saturated heterocycles. The number of halogens is 1. The monoisotopic (exact) mass is 238 g/mol. The second-order valence-electron chi connectivity index (χ2n) is 3.41. The van der Waals surface area contributed by atoms with Crippen molar-refractivity contribution in [2.75, 3.05) is 0 Å². The molecule has 1 atom stereocenters. The molecule has 1 heterocycles. The summed E-state index contributed by atoms with van der Waals surface area (Å²) in [5, 5.41) is 0.702. The summed E-state index contributed by atoms with van der Waals surface area (Å²) in [5.41, 5.74) is 1.90. The van der Waals surface area contributed by atoms with Gasteiger partial charge in [0, 0.05) is 0 Å². The van der Waals surface area contributed by atoms with Crippen LogP contribution in [0.15, 0.2) is 30.9 Å². The molecule has 1 unspecified atom stereocenters. The maximum atomic E-state index is 6.16. The van der Waals surface area contributed by atoms with Crippen LogP contribution >= 0.6 is 23.8 Å². The van der Waals surface area contributed by atoms with Gasteiger partial charge in [0.05, 0.1) is 22.1 Å². The fourth-order valence-electron chi connectivity index (χ4n) is 1.63. The molecule has 15 heavy (non-hydrogen) atoms. The molecular weight excluding hydrogens is 228 g/mol. The van der Waals surface area contributed by atoms with E-state index in [-0.39, 0.29) is 6.04 Å². The van der Waals surface area contributed by atoms with Gasteiger partial charge in [-0.1, -0.05) is 23.7 Å². The first-order valence-corrected chi connectivity index (χ1v) is 5.45. The molecule has 0 amide bonds. The third-order valence-corrected chi connectivity index (χ3v) is 3.04. The molecule has 0 aliphatic carbocycles. The first-order chi connectivity index (χ1) is 7.15. The van der Waals surface area contributed by atoms with E-state index in [1.807, 2.05) is 35.8 Å². The van der Waals surface area contributed by atoms with Crippen LogP contribution in [-0.2, 0) is 0 Å². The second kappa shape index (κ2) is 3.83. The van der Waals surface area contributed by atoms with Crippen molar-refractivity contribution in [3.63, 3.8) is 0 Å². The molecule has 1 aromatic carbocycles. The molecule has 4 heteroatoms. The first kappa shape index (κ1) is 10.5. The van der Waals surface area contributed by atoms with Crippen LogP contribution in [0.1, 0.15) is 13.0 Å². The van der Waals surface area contributed by atoms with E-state index in [2.05, 4.69) is 11.6 Å². The molecule has 78 valence electrons. The Balaban J connectivity index is 2.88. The highest BCUT2D eigenvalue weighted by atomic mass is 35.5. The maximum Gasteiger partial charge on any atom is 0.178 e. The number of fused-ring (bicyclic) bond motifs is 1. The summed E-state index contributed by atoms with van der Waals surface area (Å²) in [6.45, 7) is 5.80. The Morgan fingerprint density at radius 1 is 1.60 bits per heavy atom. The lowest BCUT2D eigenvalue weighted by Gasteiger charge is -2.09. The minimum atomic E-state index is 0.131. The van der Waals surface area contributed by atoms with Crippen LogP contribution in [0.4, 0.5) is 0 Å². The summed E-state index contributed by atoms with van der Waals surface area (Å²) in [4.78, 5) is 3.13. The van der Waals surface area contributed by atoms with Crippen molar-refractivity contribution in [2.24, 2.45) is 0 Å². The Morgan fingerprint density at radius 2 is 2.33 bits per heavy atom. The maximum absolute atomic E-state index is 6.16. The Hall–Kier alpha value is -1.06. The summed E-state index contributed by atoms with van der Waals surface area (Å²) in [6.07, 6.45) is 1.84. The number of nitrogens with zero attached hydrogens (tertiary/aromatic N) is 1. The Morgan fingerprint density at radius 3 is 3.00 bits per heavy atom. The van der Waals surface area contributed by atoms with Gasteiger partial charge in [-0.25, -0.2) is 0 Å². The zero-order chi connectivity index (χ0) is 11.0. The van der Waals surface area contributed by atoms with Gasteiger partial charge in [-0.3, -0.25) is 0 Å². The Labute approximate surface area is 98.2 Å². The van der Waals surface area contributed by atoms with Crippen LogP contribution in [0.3, 0.4) is 0 Å². The number of rotatable bonds is 2. The highest BCUT2D eigenvalue weighted by Gasteiger charge is 2.10. The summed E-state index contributed by atoms with van der Waals surface area (Å²) in [5.74, 6) is 0. The lowest BCUT2D eigenvalue weighted by molar-refractivity contribution is 0.673. The number of imidazole rings is 1. The van der Waals surface area contributed by atoms with E-state index in [0.29, 0.717) is 9.79 Å². The summed E-state index contributed by atoms with van der Waals surface area (Å²) in [7, 11) is 0. The van der Waals surface area contributed by atoms with Gasteiger partial charge in [-0.05, 0) is 31.3 Å². The van der Waals surface area contributed by atoms with Crippen LogP contribution in [-0.4, -0.2) is 9.55 Å². The number of aromatic amines is 1. The number of H-pyrrole nitrogens is 1. The SMILES string of the molecule is C=CC(C)n1c(=S)[nH]c2cccc(Cl)c21. The molecule has 0 saturated carbocycles. The average molecular weight is 239 g/mol. The van der Waals surface area contributed by atoms with E-state index < -0.39 is 0 Å². The molecule has 0 aliphatic heterocycles. The standard InChI is InChI=1S/C11H11ClN2S/c1-3-7(2)14-10-8(12)5-4-6-9(10)13-11(14)15/h3-7H,1H2,2H3,(H,13,15). The Bertz CT molecular complexity index is 567. The minimum Gasteiger partial charge on any atom is -0.331 e. The van der Waals surface area contributed by atoms with Crippen molar-refractivity contribution in [3.05, 3.63) is 40.6 Å². The number of hydrogen-bond donors (Lipinski definition) is 1. The number of benzene rings is 1. The lowest BCUT2D eigenvalue weighted by atomic mass is 10.3. The highest BCUT2D eigenvalue weighted by molar-refractivity contribution is 7.71. The molecule has 0 fully saturated rings. The van der Waals surface area contributed by atoms with Crippen molar-refractivity contribution in [1.29, 1.82) is 0 Å². The minimum absolute atomic E-state index is 0.131. The van der Waals surface area contributed by atoms with Gasteiger partial charge in [0.25, 0.3) is 0 Å². The number of aromatic nitrogens is 2. The number of allylic oxidation sites excluding steroid dienone is 1. The van der Waals surface area contributed by atoms with Crippen LogP contribution in [0.5, 0.6) is 0 Å². The zero-order valence-corrected chi connectivity index (χ0v) is 9.90. The van der Waals surface area contributed by atoms with Crippen molar-refractivity contribution >= 4 is 34.9 Å². The molecule has 0 spiro atoms. The van der Waals surface area contributed by atoms with Crippen LogP contribution in [0.25, 0.3) is 11.0 Å². The summed E-state index contributed by atoms with van der Waals surface area (Å²) in [6, 6.07) is 5.85. The fourth-order valence-corrected chi connectivity index (χ4v) is 2.27. The normalized spacial score (nSPS) is 12.9. The molecule has 2 nitrogen and oxygen atoms in total. The molecule has 0 bridgehead atoms. The molecule has 2 aromatic rings. The van der Waals surface area contributed by atoms with Gasteiger partial charge in [0.2, 0.25) is 0 Å². The van der Waals surface area contributed by atoms with Gasteiger partial charge in [-0.2, -0.15) is 0 Å². The average Bonchev–Trinajstić information content (AvgIpc) is 2.55. The van der Waals surface area contributed by atoms with Crippen molar-refractivity contribution in [2.45, 2.75) is 13.0 Å². The van der Waals surface area contributed by atoms with E-state index in [4.69, 9.17) is 23.8 Å². The van der Waals surface area contributed by atoms with Crippen LogP contribution in [0, 0.1) is 4.77 Å². The summed E-state index contributed by atoms with van der Waals surface area (Å²) >= 11 is 11.4. The predicted octanol–water partition coefficient (Wildman–Crippen LogP) is 4.10. The van der Waals surface area contributed by atoms with Crippen molar-refractivity contribution in [3.8, 4) is 0 Å². The molecule has 0 radical (unpaired) electrons. The van der Waals surface area contributed by atoms with Gasteiger partial charge in [-0.15, -0.1) is 6.58 Å². The third kappa shape index (κ3) is 1.62. The zero-order valence-electron chi connectivity index (χ0n) is 8.33. The van der Waals surface area contributed by atoms with Gasteiger partial charge < -0.3 is 9.55 Å². The number of hydrogen-bond acceptors (Lipinski definition) is 1. The molecule has 0 aliphatic rings. The van der Waals surface area contributed by atoms with Gasteiger partial charge in [0.1, 0.15) is 0 Å². The van der Waals surface area contributed by atoms with Crippen molar-refractivity contribution < 1.29 is 0 Å². The Kier molecular flexibility index (Phi) is 2.67. The summed E-state index contributed by atoms with van der Waals surface area (Å²) < 4.78 is 2.64. The lowest BCUT2D eigenvalue weighted by Crippen LogP contribution is -2.01. The molecular formula is C11H11ClN2S. The van der Waals surface area contributed by atoms with E-state index in [9.17, 15) is 0 Å². The second-order valence-corrected chi connectivity index (χ2v) is 4.21. The molecule has 1 N–H and O–H groups in total. The van der Waals surface area contributed by atoms with E-state index in [0.717, 1.165) is 11.0 Å².